The number of anilines is 1. The summed E-state index contributed by atoms with van der Waals surface area (Å²) in [5, 5.41) is 2.91. The monoisotopic (exact) mass is 563 g/mol. The summed E-state index contributed by atoms with van der Waals surface area (Å²) >= 11 is 0. The van der Waals surface area contributed by atoms with Crippen molar-refractivity contribution in [2.45, 2.75) is 57.9 Å². The Balaban J connectivity index is 1.96. The molecule has 0 radical (unpaired) electrons. The fourth-order valence-electron chi connectivity index (χ4n) is 4.30. The second-order valence-corrected chi connectivity index (χ2v) is 12.6. The molecule has 0 bridgehead atoms. The van der Waals surface area contributed by atoms with Crippen LogP contribution in [0.25, 0.3) is 0 Å². The molecule has 7 nitrogen and oxygen atoms in total. The quantitative estimate of drug-likeness (QED) is 0.308. The zero-order valence-electron chi connectivity index (χ0n) is 24.1. The maximum atomic E-state index is 13.9. The van der Waals surface area contributed by atoms with Crippen molar-refractivity contribution in [2.75, 3.05) is 23.9 Å². The first-order chi connectivity index (χ1) is 19.0. The topological polar surface area (TPSA) is 86.8 Å². The molecule has 0 heterocycles. The van der Waals surface area contributed by atoms with Crippen molar-refractivity contribution in [1.29, 1.82) is 0 Å². The molecule has 40 heavy (non-hydrogen) atoms. The van der Waals surface area contributed by atoms with E-state index in [1.165, 1.54) is 17.0 Å². The van der Waals surface area contributed by atoms with E-state index in [4.69, 9.17) is 0 Å². The molecule has 3 aromatic rings. The number of rotatable bonds is 13. The van der Waals surface area contributed by atoms with Gasteiger partial charge < -0.3 is 10.2 Å². The van der Waals surface area contributed by atoms with Crippen molar-refractivity contribution in [1.82, 2.24) is 10.2 Å². The number of nitrogens with one attached hydrogen (secondary N) is 1. The Bertz CT molecular complexity index is 1340. The standard InChI is InChI=1S/C32H41N3O4S/c1-24(2)22-33-32(37)26(5)34(21-20-27-12-8-6-9-13-27)31(36)23-35(29-18-16-28(17-19-29)25(3)4)40(38,39)30-14-10-7-11-15-30/h6-19,24-26H,20-23H2,1-5H3,(H,33,37). The van der Waals surface area contributed by atoms with Gasteiger partial charge in [0, 0.05) is 13.1 Å². The Kier molecular flexibility index (Phi) is 10.9. The first-order valence-electron chi connectivity index (χ1n) is 13.8. The van der Waals surface area contributed by atoms with Gasteiger partial charge in [-0.1, -0.05) is 88.4 Å². The van der Waals surface area contributed by atoms with Gasteiger partial charge in [0.05, 0.1) is 10.6 Å². The molecular weight excluding hydrogens is 522 g/mol. The summed E-state index contributed by atoms with van der Waals surface area (Å²) in [6.45, 7) is 10.1. The molecule has 0 aliphatic heterocycles. The first kappa shape index (κ1) is 30.9. The number of hydrogen-bond acceptors (Lipinski definition) is 4. The molecule has 3 rings (SSSR count). The highest BCUT2D eigenvalue weighted by molar-refractivity contribution is 7.92. The van der Waals surface area contributed by atoms with Gasteiger partial charge in [-0.3, -0.25) is 13.9 Å². The fourth-order valence-corrected chi connectivity index (χ4v) is 5.73. The van der Waals surface area contributed by atoms with Crippen LogP contribution < -0.4 is 9.62 Å². The summed E-state index contributed by atoms with van der Waals surface area (Å²) in [5.41, 5.74) is 2.47. The SMILES string of the molecule is CC(C)CNC(=O)C(C)N(CCc1ccccc1)C(=O)CN(c1ccc(C(C)C)cc1)S(=O)(=O)c1ccccc1. The molecular formula is C32H41N3O4S. The molecule has 0 spiro atoms. The van der Waals surface area contributed by atoms with Gasteiger partial charge in [0.15, 0.2) is 0 Å². The number of hydrogen-bond donors (Lipinski definition) is 1. The molecule has 1 unspecified atom stereocenters. The Morgan fingerprint density at radius 3 is 1.93 bits per heavy atom. The van der Waals surface area contributed by atoms with Gasteiger partial charge in [-0.15, -0.1) is 0 Å². The smallest absolute Gasteiger partial charge is 0.264 e. The van der Waals surface area contributed by atoms with Gasteiger partial charge in [0.2, 0.25) is 11.8 Å². The molecule has 2 amide bonds. The third kappa shape index (κ3) is 8.18. The third-order valence-electron chi connectivity index (χ3n) is 6.79. The maximum absolute atomic E-state index is 13.9. The summed E-state index contributed by atoms with van der Waals surface area (Å²) < 4.78 is 28.8. The van der Waals surface area contributed by atoms with E-state index in [2.05, 4.69) is 19.2 Å². The Morgan fingerprint density at radius 2 is 1.38 bits per heavy atom. The van der Waals surface area contributed by atoms with Crippen LogP contribution >= 0.6 is 0 Å². The highest BCUT2D eigenvalue weighted by atomic mass is 32.2. The molecule has 0 saturated heterocycles. The number of nitrogens with zero attached hydrogens (tertiary/aromatic N) is 2. The van der Waals surface area contributed by atoms with Crippen LogP contribution in [0, 0.1) is 5.92 Å². The van der Waals surface area contributed by atoms with Crippen LogP contribution in [0.2, 0.25) is 0 Å². The Morgan fingerprint density at radius 1 is 0.800 bits per heavy atom. The lowest BCUT2D eigenvalue weighted by molar-refractivity contribution is -0.138. The van der Waals surface area contributed by atoms with E-state index in [0.717, 1.165) is 15.4 Å². The van der Waals surface area contributed by atoms with Crippen molar-refractivity contribution in [2.24, 2.45) is 5.92 Å². The highest BCUT2D eigenvalue weighted by Crippen LogP contribution is 2.26. The number of carbonyl (C=O) groups is 2. The molecule has 0 aliphatic carbocycles. The lowest BCUT2D eigenvalue weighted by Gasteiger charge is -2.32. The second kappa shape index (κ2) is 14.1. The lowest BCUT2D eigenvalue weighted by Crippen LogP contribution is -2.52. The highest BCUT2D eigenvalue weighted by Gasteiger charge is 2.32. The van der Waals surface area contributed by atoms with Gasteiger partial charge in [-0.05, 0) is 60.6 Å². The minimum atomic E-state index is -4.07. The van der Waals surface area contributed by atoms with E-state index >= 15 is 0 Å². The number of sulfonamides is 1. The molecule has 0 aromatic heterocycles. The van der Waals surface area contributed by atoms with Gasteiger partial charge in [0.1, 0.15) is 12.6 Å². The Hall–Kier alpha value is -3.65. The fraction of sp³-hybridized carbons (Fsp3) is 0.375. The largest absolute Gasteiger partial charge is 0.354 e. The van der Waals surface area contributed by atoms with Crippen LogP contribution in [0.5, 0.6) is 0 Å². The zero-order chi connectivity index (χ0) is 29.3. The average Bonchev–Trinajstić information content (AvgIpc) is 2.95. The summed E-state index contributed by atoms with van der Waals surface area (Å²) in [7, 11) is -4.07. The molecule has 214 valence electrons. The van der Waals surface area contributed by atoms with Gasteiger partial charge in [-0.25, -0.2) is 8.42 Å². The van der Waals surface area contributed by atoms with E-state index in [-0.39, 0.29) is 29.2 Å². The normalized spacial score (nSPS) is 12.3. The summed E-state index contributed by atoms with van der Waals surface area (Å²) in [5.74, 6) is -0.192. The van der Waals surface area contributed by atoms with Crippen LogP contribution in [0.4, 0.5) is 5.69 Å². The van der Waals surface area contributed by atoms with Gasteiger partial charge in [-0.2, -0.15) is 0 Å². The summed E-state index contributed by atoms with van der Waals surface area (Å²) in [6.07, 6.45) is 0.531. The molecule has 3 aromatic carbocycles. The minimum absolute atomic E-state index is 0.0919. The third-order valence-corrected chi connectivity index (χ3v) is 8.58. The lowest BCUT2D eigenvalue weighted by atomic mass is 10.0. The summed E-state index contributed by atoms with van der Waals surface area (Å²) in [6, 6.07) is 24.2. The van der Waals surface area contributed by atoms with Gasteiger partial charge in [0.25, 0.3) is 10.0 Å². The molecule has 1 N–H and O–H groups in total. The van der Waals surface area contributed by atoms with E-state index in [1.54, 1.807) is 37.3 Å². The number of amides is 2. The van der Waals surface area contributed by atoms with Gasteiger partial charge >= 0.3 is 0 Å². The van der Waals surface area contributed by atoms with Crippen LogP contribution in [0.3, 0.4) is 0 Å². The molecule has 0 saturated carbocycles. The maximum Gasteiger partial charge on any atom is 0.264 e. The number of carbonyl (C=O) groups excluding carboxylic acids is 2. The minimum Gasteiger partial charge on any atom is -0.354 e. The van der Waals surface area contributed by atoms with Crippen molar-refractivity contribution in [3.63, 3.8) is 0 Å². The van der Waals surface area contributed by atoms with E-state index in [9.17, 15) is 18.0 Å². The van der Waals surface area contributed by atoms with Crippen LogP contribution in [0.1, 0.15) is 51.7 Å². The van der Waals surface area contributed by atoms with E-state index in [1.807, 2.05) is 56.3 Å². The van der Waals surface area contributed by atoms with Crippen molar-refractivity contribution in [3.05, 3.63) is 96.1 Å². The van der Waals surface area contributed by atoms with Crippen LogP contribution in [0.15, 0.2) is 89.8 Å². The van der Waals surface area contributed by atoms with Crippen molar-refractivity contribution < 1.29 is 18.0 Å². The first-order valence-corrected chi connectivity index (χ1v) is 15.2. The van der Waals surface area contributed by atoms with Crippen molar-refractivity contribution in [3.8, 4) is 0 Å². The predicted molar refractivity (Wildman–Crippen MR) is 161 cm³/mol. The average molecular weight is 564 g/mol. The molecule has 8 heteroatoms. The molecule has 0 aliphatic rings. The number of benzene rings is 3. The predicted octanol–water partition coefficient (Wildman–Crippen LogP) is 5.24. The van der Waals surface area contributed by atoms with Crippen molar-refractivity contribution >= 4 is 27.5 Å². The van der Waals surface area contributed by atoms with Crippen LogP contribution in [-0.4, -0.2) is 50.8 Å². The second-order valence-electron chi connectivity index (χ2n) is 10.7. The Labute approximate surface area is 239 Å². The van der Waals surface area contributed by atoms with E-state index in [0.29, 0.717) is 18.7 Å². The summed E-state index contributed by atoms with van der Waals surface area (Å²) in [4.78, 5) is 28.5. The molecule has 0 fully saturated rings. The van der Waals surface area contributed by atoms with E-state index < -0.39 is 28.5 Å². The molecule has 1 atom stereocenters. The van der Waals surface area contributed by atoms with Crippen LogP contribution in [-0.2, 0) is 26.0 Å². The zero-order valence-corrected chi connectivity index (χ0v) is 24.9.